The van der Waals surface area contributed by atoms with Crippen LogP contribution in [0.1, 0.15) is 30.9 Å². The standard InChI is InChI=1S/C14H20N2O.ClH/c1-3-12(15)14(17)16-8-4-5-11-9-10(2)6-7-13(11)16;/h6-7,9,12H,3-5,8,15H2,1-2H3;1H/t12-;/m0./s1. The lowest BCUT2D eigenvalue weighted by Gasteiger charge is -2.31. The van der Waals surface area contributed by atoms with E-state index in [9.17, 15) is 4.79 Å². The smallest absolute Gasteiger partial charge is 0.243 e. The molecule has 1 atom stereocenters. The maximum absolute atomic E-state index is 12.2. The van der Waals surface area contributed by atoms with Crippen molar-refractivity contribution in [1.29, 1.82) is 0 Å². The van der Waals surface area contributed by atoms with E-state index < -0.39 is 0 Å². The Balaban J connectivity index is 0.00000162. The summed E-state index contributed by atoms with van der Waals surface area (Å²) in [4.78, 5) is 14.0. The molecule has 0 radical (unpaired) electrons. The van der Waals surface area contributed by atoms with Crippen LogP contribution >= 0.6 is 12.4 Å². The fourth-order valence-electron chi connectivity index (χ4n) is 2.33. The van der Waals surface area contributed by atoms with Gasteiger partial charge in [0.25, 0.3) is 0 Å². The number of nitrogens with two attached hydrogens (primary N) is 1. The normalized spacial score (nSPS) is 15.6. The van der Waals surface area contributed by atoms with Gasteiger partial charge in [0.05, 0.1) is 6.04 Å². The molecule has 1 aromatic carbocycles. The number of amides is 1. The highest BCUT2D eigenvalue weighted by molar-refractivity contribution is 5.98. The second kappa shape index (κ2) is 6.21. The molecule has 100 valence electrons. The number of aryl methyl sites for hydroxylation is 2. The van der Waals surface area contributed by atoms with Crippen molar-refractivity contribution in [2.24, 2.45) is 5.73 Å². The summed E-state index contributed by atoms with van der Waals surface area (Å²) in [6.07, 6.45) is 2.78. The van der Waals surface area contributed by atoms with Gasteiger partial charge in [-0.3, -0.25) is 4.79 Å². The summed E-state index contributed by atoms with van der Waals surface area (Å²) < 4.78 is 0. The molecule has 4 heteroatoms. The molecule has 1 aliphatic heterocycles. The fraction of sp³-hybridized carbons (Fsp3) is 0.500. The van der Waals surface area contributed by atoms with Crippen molar-refractivity contribution in [3.05, 3.63) is 29.3 Å². The molecule has 0 bridgehead atoms. The summed E-state index contributed by atoms with van der Waals surface area (Å²) in [5.74, 6) is 0.0531. The van der Waals surface area contributed by atoms with E-state index in [-0.39, 0.29) is 24.4 Å². The molecule has 0 unspecified atom stereocenters. The van der Waals surface area contributed by atoms with E-state index in [0.29, 0.717) is 6.42 Å². The molecule has 1 aromatic rings. The summed E-state index contributed by atoms with van der Waals surface area (Å²) in [6.45, 7) is 4.82. The lowest BCUT2D eigenvalue weighted by molar-refractivity contribution is -0.120. The maximum Gasteiger partial charge on any atom is 0.243 e. The molecular weight excluding hydrogens is 248 g/mol. The van der Waals surface area contributed by atoms with Gasteiger partial charge >= 0.3 is 0 Å². The highest BCUT2D eigenvalue weighted by Crippen LogP contribution is 2.28. The van der Waals surface area contributed by atoms with Gasteiger partial charge in [-0.25, -0.2) is 0 Å². The van der Waals surface area contributed by atoms with E-state index in [0.717, 1.165) is 25.1 Å². The monoisotopic (exact) mass is 268 g/mol. The first kappa shape index (κ1) is 15.0. The highest BCUT2D eigenvalue weighted by Gasteiger charge is 2.25. The van der Waals surface area contributed by atoms with E-state index in [1.165, 1.54) is 11.1 Å². The van der Waals surface area contributed by atoms with Crippen LogP contribution in [0, 0.1) is 6.92 Å². The van der Waals surface area contributed by atoms with Crippen molar-refractivity contribution in [2.75, 3.05) is 11.4 Å². The van der Waals surface area contributed by atoms with Crippen LogP contribution in [0.5, 0.6) is 0 Å². The van der Waals surface area contributed by atoms with Crippen molar-refractivity contribution in [3.63, 3.8) is 0 Å². The number of fused-ring (bicyclic) bond motifs is 1. The molecule has 0 aliphatic carbocycles. The number of carbonyl (C=O) groups excluding carboxylic acids is 1. The molecule has 1 heterocycles. The maximum atomic E-state index is 12.2. The third kappa shape index (κ3) is 2.85. The molecule has 3 nitrogen and oxygen atoms in total. The van der Waals surface area contributed by atoms with E-state index in [2.05, 4.69) is 19.1 Å². The van der Waals surface area contributed by atoms with Gasteiger partial charge in [0, 0.05) is 12.2 Å². The van der Waals surface area contributed by atoms with E-state index in [1.54, 1.807) is 0 Å². The van der Waals surface area contributed by atoms with Crippen LogP contribution in [-0.4, -0.2) is 18.5 Å². The predicted octanol–water partition coefficient (Wildman–Crippen LogP) is 2.43. The van der Waals surface area contributed by atoms with Crippen molar-refractivity contribution < 1.29 is 4.79 Å². The van der Waals surface area contributed by atoms with Crippen molar-refractivity contribution in [3.8, 4) is 0 Å². The number of rotatable bonds is 2. The SMILES string of the molecule is CC[C@H](N)C(=O)N1CCCc2cc(C)ccc21.Cl. The third-order valence-electron chi connectivity index (χ3n) is 3.38. The summed E-state index contributed by atoms with van der Waals surface area (Å²) in [5, 5.41) is 0. The van der Waals surface area contributed by atoms with Crippen LogP contribution in [0.15, 0.2) is 18.2 Å². The number of benzene rings is 1. The topological polar surface area (TPSA) is 46.3 Å². The average Bonchev–Trinajstić information content (AvgIpc) is 2.35. The summed E-state index contributed by atoms with van der Waals surface area (Å²) in [5.41, 5.74) is 9.41. The van der Waals surface area contributed by atoms with Gasteiger partial charge in [0.15, 0.2) is 0 Å². The molecule has 0 aromatic heterocycles. The Kier molecular flexibility index (Phi) is 5.17. The average molecular weight is 269 g/mol. The number of halogens is 1. The summed E-state index contributed by atoms with van der Waals surface area (Å²) in [6, 6.07) is 5.90. The van der Waals surface area contributed by atoms with Crippen LogP contribution in [0.25, 0.3) is 0 Å². The van der Waals surface area contributed by atoms with Crippen molar-refractivity contribution >= 4 is 24.0 Å². The Hall–Kier alpha value is -1.06. The Morgan fingerprint density at radius 3 is 2.89 bits per heavy atom. The van der Waals surface area contributed by atoms with Crippen molar-refractivity contribution in [2.45, 2.75) is 39.2 Å². The molecule has 1 aliphatic rings. The minimum Gasteiger partial charge on any atom is -0.320 e. The first-order valence-corrected chi connectivity index (χ1v) is 6.30. The number of hydrogen-bond acceptors (Lipinski definition) is 2. The zero-order chi connectivity index (χ0) is 12.4. The fourth-order valence-corrected chi connectivity index (χ4v) is 2.33. The van der Waals surface area contributed by atoms with E-state index in [4.69, 9.17) is 5.73 Å². The molecule has 1 amide bonds. The number of anilines is 1. The van der Waals surface area contributed by atoms with E-state index >= 15 is 0 Å². The highest BCUT2D eigenvalue weighted by atomic mass is 35.5. The van der Waals surface area contributed by atoms with Gasteiger partial charge in [-0.05, 0) is 37.8 Å². The largest absolute Gasteiger partial charge is 0.320 e. The molecule has 18 heavy (non-hydrogen) atoms. The first-order chi connectivity index (χ1) is 8.13. The lowest BCUT2D eigenvalue weighted by Crippen LogP contribution is -2.45. The molecule has 0 saturated carbocycles. The second-order valence-electron chi connectivity index (χ2n) is 4.74. The zero-order valence-corrected chi connectivity index (χ0v) is 11.8. The minimum atomic E-state index is -0.373. The third-order valence-corrected chi connectivity index (χ3v) is 3.38. The predicted molar refractivity (Wildman–Crippen MR) is 77.4 cm³/mol. The van der Waals surface area contributed by atoms with Crippen LogP contribution in [0.3, 0.4) is 0 Å². The molecular formula is C14H21ClN2O. The van der Waals surface area contributed by atoms with Gasteiger partial charge in [0.1, 0.15) is 0 Å². The van der Waals surface area contributed by atoms with Gasteiger partial charge in [-0.1, -0.05) is 24.6 Å². The van der Waals surface area contributed by atoms with Crippen LogP contribution < -0.4 is 10.6 Å². The molecule has 0 saturated heterocycles. The number of carbonyl (C=O) groups is 1. The van der Waals surface area contributed by atoms with Gasteiger partial charge < -0.3 is 10.6 Å². The summed E-state index contributed by atoms with van der Waals surface area (Å²) in [7, 11) is 0. The van der Waals surface area contributed by atoms with Crippen molar-refractivity contribution in [1.82, 2.24) is 0 Å². The molecule has 0 fully saturated rings. The van der Waals surface area contributed by atoms with Gasteiger partial charge in [0.2, 0.25) is 5.91 Å². The first-order valence-electron chi connectivity index (χ1n) is 6.30. The Morgan fingerprint density at radius 2 is 2.22 bits per heavy atom. The number of hydrogen-bond donors (Lipinski definition) is 1. The van der Waals surface area contributed by atoms with Gasteiger partial charge in [-0.15, -0.1) is 12.4 Å². The van der Waals surface area contributed by atoms with Crippen LogP contribution in [-0.2, 0) is 11.2 Å². The Bertz CT molecular complexity index is 434. The molecule has 0 spiro atoms. The van der Waals surface area contributed by atoms with Crippen LogP contribution in [0.4, 0.5) is 5.69 Å². The second-order valence-corrected chi connectivity index (χ2v) is 4.74. The molecule has 2 rings (SSSR count). The molecule has 2 N–H and O–H groups in total. The van der Waals surface area contributed by atoms with Gasteiger partial charge in [-0.2, -0.15) is 0 Å². The van der Waals surface area contributed by atoms with Crippen LogP contribution in [0.2, 0.25) is 0 Å². The van der Waals surface area contributed by atoms with E-state index in [1.807, 2.05) is 17.9 Å². The Morgan fingerprint density at radius 1 is 1.50 bits per heavy atom. The summed E-state index contributed by atoms with van der Waals surface area (Å²) >= 11 is 0. The Labute approximate surface area is 115 Å². The number of nitrogens with zero attached hydrogens (tertiary/aromatic N) is 1. The minimum absolute atomic E-state index is 0. The lowest BCUT2D eigenvalue weighted by atomic mass is 9.99. The quantitative estimate of drug-likeness (QED) is 0.896. The zero-order valence-electron chi connectivity index (χ0n) is 11.0.